The topological polar surface area (TPSA) is 68.9 Å². The van der Waals surface area contributed by atoms with Crippen LogP contribution in [0, 0.1) is 0 Å². The largest absolute Gasteiger partial charge is 0.493 e. The van der Waals surface area contributed by atoms with Crippen molar-refractivity contribution in [1.29, 1.82) is 0 Å². The Kier molecular flexibility index (Phi) is 4.18. The molecule has 0 fully saturated rings. The summed E-state index contributed by atoms with van der Waals surface area (Å²) in [6.45, 7) is 5.68. The van der Waals surface area contributed by atoms with E-state index in [1.807, 2.05) is 19.2 Å². The van der Waals surface area contributed by atoms with E-state index < -0.39 is 0 Å². The van der Waals surface area contributed by atoms with E-state index in [1.165, 1.54) is 0 Å². The van der Waals surface area contributed by atoms with E-state index in [0.717, 1.165) is 35.7 Å². The van der Waals surface area contributed by atoms with E-state index in [1.54, 1.807) is 7.11 Å². The number of fused-ring (bicyclic) bond motifs is 1. The van der Waals surface area contributed by atoms with Crippen LogP contribution in [0.25, 0.3) is 0 Å². The highest BCUT2D eigenvalue weighted by atomic mass is 16.5. The lowest BCUT2D eigenvalue weighted by atomic mass is 9.85. The first kappa shape index (κ1) is 14.7. The fraction of sp³-hybridized carbons (Fsp3) is 0.533. The molecule has 5 nitrogen and oxygen atoms in total. The minimum atomic E-state index is -0.257. The molecule has 0 atom stereocenters. The van der Waals surface area contributed by atoms with Crippen molar-refractivity contribution in [3.05, 3.63) is 17.7 Å². The first-order valence-corrected chi connectivity index (χ1v) is 6.85. The molecule has 0 aliphatic carbocycles. The van der Waals surface area contributed by atoms with Gasteiger partial charge in [0.15, 0.2) is 11.5 Å². The molecule has 0 spiro atoms. The van der Waals surface area contributed by atoms with Gasteiger partial charge in [-0.1, -0.05) is 0 Å². The zero-order valence-corrected chi connectivity index (χ0v) is 12.6. The highest BCUT2D eigenvalue weighted by molar-refractivity contribution is 5.98. The predicted molar refractivity (Wildman–Crippen MR) is 81.3 cm³/mol. The van der Waals surface area contributed by atoms with Gasteiger partial charge < -0.3 is 20.5 Å². The summed E-state index contributed by atoms with van der Waals surface area (Å²) in [5, 5.41) is 3.09. The number of hydrogen-bond acceptors (Lipinski definition) is 5. The summed E-state index contributed by atoms with van der Waals surface area (Å²) in [4.78, 5) is 4.43. The summed E-state index contributed by atoms with van der Waals surface area (Å²) in [5.41, 5.74) is 7.70. The Labute approximate surface area is 120 Å². The highest BCUT2D eigenvalue weighted by Gasteiger charge is 2.34. The summed E-state index contributed by atoms with van der Waals surface area (Å²) < 4.78 is 11.2. The number of aliphatic imine (C=N–C) groups is 1. The molecule has 5 heteroatoms. The average Bonchev–Trinajstić information content (AvgIpc) is 2.64. The molecule has 1 aliphatic rings. The van der Waals surface area contributed by atoms with Crippen molar-refractivity contribution in [3.8, 4) is 11.5 Å². The van der Waals surface area contributed by atoms with Crippen LogP contribution in [0.5, 0.6) is 11.5 Å². The number of ether oxygens (including phenoxy) is 2. The van der Waals surface area contributed by atoms with Crippen LogP contribution in [-0.4, -0.2) is 33.1 Å². The van der Waals surface area contributed by atoms with Gasteiger partial charge in [0.1, 0.15) is 5.84 Å². The van der Waals surface area contributed by atoms with Gasteiger partial charge in [-0.25, -0.2) is 4.99 Å². The van der Waals surface area contributed by atoms with Gasteiger partial charge in [-0.15, -0.1) is 0 Å². The molecule has 110 valence electrons. The Bertz CT molecular complexity index is 524. The molecular weight excluding hydrogens is 254 g/mol. The predicted octanol–water partition coefficient (Wildman–Crippen LogP) is 1.96. The second-order valence-corrected chi connectivity index (χ2v) is 5.45. The van der Waals surface area contributed by atoms with E-state index in [0.29, 0.717) is 12.4 Å². The van der Waals surface area contributed by atoms with Crippen LogP contribution in [0.2, 0.25) is 0 Å². The molecule has 3 N–H and O–H groups in total. The van der Waals surface area contributed by atoms with Crippen LogP contribution in [-0.2, 0) is 5.41 Å². The average molecular weight is 277 g/mol. The van der Waals surface area contributed by atoms with Crippen LogP contribution in [0.15, 0.2) is 17.1 Å². The lowest BCUT2D eigenvalue weighted by molar-refractivity contribution is 0.288. The number of nitrogens with one attached hydrogen (secondary N) is 1. The van der Waals surface area contributed by atoms with Crippen molar-refractivity contribution >= 4 is 11.5 Å². The Balaban J connectivity index is 2.24. The monoisotopic (exact) mass is 277 g/mol. The molecule has 0 radical (unpaired) electrons. The highest BCUT2D eigenvalue weighted by Crippen LogP contribution is 2.44. The molecule has 0 saturated carbocycles. The van der Waals surface area contributed by atoms with Gasteiger partial charge in [0.2, 0.25) is 0 Å². The number of hydrogen-bond donors (Lipinski definition) is 2. The summed E-state index contributed by atoms with van der Waals surface area (Å²) in [5.74, 6) is 2.07. The maximum absolute atomic E-state index is 6.00. The lowest BCUT2D eigenvalue weighted by Crippen LogP contribution is -2.32. The minimum absolute atomic E-state index is 0.257. The summed E-state index contributed by atoms with van der Waals surface area (Å²) in [6.07, 6.45) is 0.938. The van der Waals surface area contributed by atoms with Gasteiger partial charge in [-0.2, -0.15) is 0 Å². The van der Waals surface area contributed by atoms with Gasteiger partial charge in [0.05, 0.1) is 19.4 Å². The van der Waals surface area contributed by atoms with Crippen molar-refractivity contribution in [2.75, 3.05) is 27.3 Å². The number of benzene rings is 1. The number of nitrogens with two attached hydrogens (primary N) is 1. The molecule has 2 rings (SSSR count). The third-order valence-corrected chi connectivity index (χ3v) is 3.67. The van der Waals surface area contributed by atoms with Crippen molar-refractivity contribution in [2.24, 2.45) is 10.7 Å². The molecule has 1 aromatic rings. The Morgan fingerprint density at radius 3 is 2.70 bits per heavy atom. The first-order chi connectivity index (χ1) is 9.50. The van der Waals surface area contributed by atoms with Gasteiger partial charge >= 0.3 is 0 Å². The quantitative estimate of drug-likeness (QED) is 0.780. The Morgan fingerprint density at radius 2 is 2.05 bits per heavy atom. The standard InChI is InChI=1S/C15H23N3O2/c1-15(2)10-8-12(19-4)13(20-7-5-6-17-3)9-11(10)18-14(15)16/h8-9,17H,5-7H2,1-4H3,(H2,16,18). The zero-order valence-electron chi connectivity index (χ0n) is 12.6. The van der Waals surface area contributed by atoms with E-state index >= 15 is 0 Å². The van der Waals surface area contributed by atoms with Crippen LogP contribution in [0.4, 0.5) is 5.69 Å². The first-order valence-electron chi connectivity index (χ1n) is 6.85. The Morgan fingerprint density at radius 1 is 1.30 bits per heavy atom. The number of nitrogens with zero attached hydrogens (tertiary/aromatic N) is 1. The van der Waals surface area contributed by atoms with E-state index in [4.69, 9.17) is 15.2 Å². The maximum Gasteiger partial charge on any atom is 0.163 e. The number of amidine groups is 1. The molecule has 1 aliphatic heterocycles. The summed E-state index contributed by atoms with van der Waals surface area (Å²) >= 11 is 0. The zero-order chi connectivity index (χ0) is 14.8. The minimum Gasteiger partial charge on any atom is -0.493 e. The van der Waals surface area contributed by atoms with Crippen molar-refractivity contribution in [3.63, 3.8) is 0 Å². The summed E-state index contributed by atoms with van der Waals surface area (Å²) in [7, 11) is 3.57. The molecule has 0 amide bonds. The molecule has 0 bridgehead atoms. The van der Waals surface area contributed by atoms with E-state index in [9.17, 15) is 0 Å². The lowest BCUT2D eigenvalue weighted by Gasteiger charge is -2.20. The molecule has 1 aromatic carbocycles. The van der Waals surface area contributed by atoms with Gasteiger partial charge in [-0.3, -0.25) is 0 Å². The normalized spacial score (nSPS) is 15.7. The fourth-order valence-corrected chi connectivity index (χ4v) is 2.25. The summed E-state index contributed by atoms with van der Waals surface area (Å²) in [6, 6.07) is 3.89. The van der Waals surface area contributed by atoms with Crippen molar-refractivity contribution < 1.29 is 9.47 Å². The van der Waals surface area contributed by atoms with E-state index in [2.05, 4.69) is 24.2 Å². The molecular formula is C15H23N3O2. The van der Waals surface area contributed by atoms with Gasteiger partial charge in [0.25, 0.3) is 0 Å². The molecule has 0 saturated heterocycles. The SMILES string of the molecule is CNCCCOc1cc2c(cc1OC)C(C)(C)C(N)=N2. The second-order valence-electron chi connectivity index (χ2n) is 5.45. The van der Waals surface area contributed by atoms with Crippen LogP contribution < -0.4 is 20.5 Å². The Hall–Kier alpha value is -1.75. The van der Waals surface area contributed by atoms with Crippen molar-refractivity contribution in [1.82, 2.24) is 5.32 Å². The maximum atomic E-state index is 6.00. The third kappa shape index (κ3) is 2.58. The van der Waals surface area contributed by atoms with Crippen molar-refractivity contribution in [2.45, 2.75) is 25.7 Å². The van der Waals surface area contributed by atoms with Gasteiger partial charge in [0, 0.05) is 11.5 Å². The number of methoxy groups -OCH3 is 1. The molecule has 0 unspecified atom stereocenters. The molecule has 0 aromatic heterocycles. The second kappa shape index (κ2) is 5.71. The molecule has 20 heavy (non-hydrogen) atoms. The molecule has 1 heterocycles. The number of rotatable bonds is 6. The third-order valence-electron chi connectivity index (χ3n) is 3.67. The van der Waals surface area contributed by atoms with Crippen LogP contribution >= 0.6 is 0 Å². The van der Waals surface area contributed by atoms with Crippen LogP contribution in [0.3, 0.4) is 0 Å². The fourth-order valence-electron chi connectivity index (χ4n) is 2.25. The van der Waals surface area contributed by atoms with Crippen LogP contribution in [0.1, 0.15) is 25.8 Å². The van der Waals surface area contributed by atoms with E-state index in [-0.39, 0.29) is 5.41 Å². The smallest absolute Gasteiger partial charge is 0.163 e. The van der Waals surface area contributed by atoms with Gasteiger partial charge in [-0.05, 0) is 45.5 Å².